The van der Waals surface area contributed by atoms with Crippen LogP contribution in [0.5, 0.6) is 0 Å². The number of alkyl halides is 2. The molecule has 9 rings (SSSR count). The highest BCUT2D eigenvalue weighted by Gasteiger charge is 2.46. The molecule has 1 N–H and O–H groups in total. The number of carbonyl (C=O) groups is 5. The molecule has 3 aromatic rings. The van der Waals surface area contributed by atoms with Crippen molar-refractivity contribution in [2.24, 2.45) is 5.92 Å². The Morgan fingerprint density at radius 1 is 0.759 bits per heavy atom. The molecule has 6 heterocycles. The molecule has 2 atom stereocenters. The molecular formula is C43H44F4N6O5. The van der Waals surface area contributed by atoms with Gasteiger partial charge in [0.2, 0.25) is 17.7 Å². The Hall–Kier alpha value is -5.15. The number of fused-ring (bicyclic) bond motifs is 3. The van der Waals surface area contributed by atoms with Crippen LogP contribution < -0.4 is 10.2 Å². The van der Waals surface area contributed by atoms with E-state index in [2.05, 4.69) is 10.2 Å². The van der Waals surface area contributed by atoms with E-state index in [-0.39, 0.29) is 53.9 Å². The second kappa shape index (κ2) is 15.2. The zero-order valence-electron chi connectivity index (χ0n) is 31.9. The number of likely N-dealkylation sites (tertiary alicyclic amines) is 1. The van der Waals surface area contributed by atoms with Gasteiger partial charge < -0.3 is 9.80 Å². The summed E-state index contributed by atoms with van der Waals surface area (Å²) in [6, 6.07) is 11.6. The Morgan fingerprint density at radius 3 is 2.02 bits per heavy atom. The summed E-state index contributed by atoms with van der Waals surface area (Å²) in [5, 5.41) is 2.22. The fraction of sp³-hybridized carbons (Fsp3) is 0.465. The highest BCUT2D eigenvalue weighted by atomic mass is 19.3. The number of nitrogens with one attached hydrogen (secondary N) is 1. The number of anilines is 1. The van der Waals surface area contributed by atoms with Crippen LogP contribution in [-0.2, 0) is 33.9 Å². The van der Waals surface area contributed by atoms with Gasteiger partial charge in [-0.05, 0) is 85.0 Å². The van der Waals surface area contributed by atoms with Crippen LogP contribution in [0, 0.1) is 17.6 Å². The molecular weight excluding hydrogens is 757 g/mol. The molecule has 0 radical (unpaired) electrons. The fourth-order valence-electron chi connectivity index (χ4n) is 10.1. The Morgan fingerprint density at radius 2 is 1.40 bits per heavy atom. The van der Waals surface area contributed by atoms with Crippen molar-refractivity contribution in [1.29, 1.82) is 0 Å². The topological polar surface area (TPSA) is 114 Å². The van der Waals surface area contributed by atoms with Gasteiger partial charge in [-0.15, -0.1) is 0 Å². The lowest BCUT2D eigenvalue weighted by Crippen LogP contribution is -2.54. The Kier molecular flexibility index (Phi) is 10.1. The van der Waals surface area contributed by atoms with Crippen LogP contribution in [0.15, 0.2) is 48.5 Å². The van der Waals surface area contributed by atoms with Crippen molar-refractivity contribution in [2.45, 2.75) is 82.6 Å². The number of nitrogens with zero attached hydrogens (tertiary/aromatic N) is 5. The summed E-state index contributed by atoms with van der Waals surface area (Å²) in [5.74, 6) is -3.78. The highest BCUT2D eigenvalue weighted by molar-refractivity contribution is 6.23. The lowest BCUT2D eigenvalue weighted by molar-refractivity contribution is -0.138. The van der Waals surface area contributed by atoms with Gasteiger partial charge in [0.15, 0.2) is 0 Å². The van der Waals surface area contributed by atoms with E-state index in [9.17, 15) is 32.8 Å². The van der Waals surface area contributed by atoms with E-state index in [1.807, 2.05) is 21.9 Å². The average Bonchev–Trinajstić information content (AvgIpc) is 3.74. The monoisotopic (exact) mass is 800 g/mol. The number of benzene rings is 3. The number of hydrogen-bond acceptors (Lipinski definition) is 8. The van der Waals surface area contributed by atoms with E-state index in [0.29, 0.717) is 69.8 Å². The summed E-state index contributed by atoms with van der Waals surface area (Å²) >= 11 is 0. The van der Waals surface area contributed by atoms with Crippen molar-refractivity contribution in [3.05, 3.63) is 99.1 Å². The minimum Gasteiger partial charge on any atom is -0.371 e. The van der Waals surface area contributed by atoms with Gasteiger partial charge in [0.25, 0.3) is 18.2 Å². The molecule has 6 aliphatic rings. The number of imide groups is 2. The van der Waals surface area contributed by atoms with Gasteiger partial charge >= 0.3 is 0 Å². The zero-order chi connectivity index (χ0) is 40.4. The normalized spacial score (nSPS) is 23.4. The van der Waals surface area contributed by atoms with E-state index >= 15 is 8.78 Å². The predicted molar refractivity (Wildman–Crippen MR) is 203 cm³/mol. The molecule has 15 heteroatoms. The maximum Gasteiger partial charge on any atom is 0.262 e. The summed E-state index contributed by atoms with van der Waals surface area (Å²) in [7, 11) is 0. The van der Waals surface area contributed by atoms with Crippen LogP contribution in [0.2, 0.25) is 0 Å². The first-order chi connectivity index (χ1) is 27.9. The van der Waals surface area contributed by atoms with Gasteiger partial charge in [-0.3, -0.25) is 44.0 Å². The first kappa shape index (κ1) is 38.4. The smallest absolute Gasteiger partial charge is 0.262 e. The average molecular weight is 801 g/mol. The molecule has 6 aliphatic heterocycles. The van der Waals surface area contributed by atoms with Crippen LogP contribution in [0.4, 0.5) is 23.2 Å². The maximum atomic E-state index is 15.9. The van der Waals surface area contributed by atoms with E-state index < -0.39 is 60.3 Å². The lowest BCUT2D eigenvalue weighted by Gasteiger charge is -2.40. The minimum absolute atomic E-state index is 0.0617. The molecule has 0 spiro atoms. The second-order valence-electron chi connectivity index (χ2n) is 16.4. The number of carbonyl (C=O) groups excluding carboxylic acids is 5. The molecule has 0 aliphatic carbocycles. The van der Waals surface area contributed by atoms with Crippen molar-refractivity contribution in [1.82, 2.24) is 24.9 Å². The summed E-state index contributed by atoms with van der Waals surface area (Å²) < 4.78 is 58.9. The van der Waals surface area contributed by atoms with Gasteiger partial charge in [0.1, 0.15) is 17.7 Å². The highest BCUT2D eigenvalue weighted by Crippen LogP contribution is 2.40. The van der Waals surface area contributed by atoms with Crippen LogP contribution in [0.3, 0.4) is 0 Å². The van der Waals surface area contributed by atoms with Gasteiger partial charge in [-0.2, -0.15) is 0 Å². The van der Waals surface area contributed by atoms with Gasteiger partial charge in [-0.1, -0.05) is 24.3 Å². The van der Waals surface area contributed by atoms with Gasteiger partial charge in [0, 0.05) is 75.4 Å². The van der Waals surface area contributed by atoms with E-state index in [0.717, 1.165) is 34.4 Å². The van der Waals surface area contributed by atoms with Gasteiger partial charge in [0.05, 0.1) is 23.7 Å². The first-order valence-corrected chi connectivity index (χ1v) is 20.2. The first-order valence-electron chi connectivity index (χ1n) is 20.2. The molecule has 0 saturated carbocycles. The summed E-state index contributed by atoms with van der Waals surface area (Å²) in [6.07, 6.45) is 0.643. The summed E-state index contributed by atoms with van der Waals surface area (Å²) in [5.41, 5.74) is 4.13. The van der Waals surface area contributed by atoms with Crippen LogP contribution >= 0.6 is 0 Å². The molecule has 304 valence electrons. The van der Waals surface area contributed by atoms with Crippen molar-refractivity contribution in [3.8, 4) is 0 Å². The maximum absolute atomic E-state index is 15.9. The van der Waals surface area contributed by atoms with Crippen LogP contribution in [0.1, 0.15) is 93.1 Å². The lowest BCUT2D eigenvalue weighted by atomic mass is 9.87. The molecule has 5 amide bonds. The van der Waals surface area contributed by atoms with Crippen molar-refractivity contribution >= 4 is 35.2 Å². The molecule has 2 unspecified atom stereocenters. The Bertz CT molecular complexity index is 2130. The summed E-state index contributed by atoms with van der Waals surface area (Å²) in [6.45, 7) is 2.96. The zero-order valence-corrected chi connectivity index (χ0v) is 31.9. The molecule has 58 heavy (non-hydrogen) atoms. The Labute approximate surface area is 332 Å². The van der Waals surface area contributed by atoms with Crippen molar-refractivity contribution < 1.29 is 41.5 Å². The Balaban J connectivity index is 0.791. The molecule has 0 bridgehead atoms. The number of piperidine rings is 3. The largest absolute Gasteiger partial charge is 0.371 e. The van der Waals surface area contributed by atoms with E-state index in [1.54, 1.807) is 24.3 Å². The predicted octanol–water partition coefficient (Wildman–Crippen LogP) is 4.80. The summed E-state index contributed by atoms with van der Waals surface area (Å²) in [4.78, 5) is 73.0. The second-order valence-corrected chi connectivity index (χ2v) is 16.4. The van der Waals surface area contributed by atoms with Crippen molar-refractivity contribution in [2.75, 3.05) is 44.2 Å². The third-order valence-electron chi connectivity index (χ3n) is 13.1. The standard InChI is InChI=1S/C43H44F4N6O5/c44-33-19-29(20-34(45)38(33)39-30-4-2-1-3-24(30)7-14-51(39)23-36(46)47)49-12-8-25(9-13-49)41(56)50-15-10-28(11-16-50)52-21-26-17-31-32(18-27(26)22-52)43(58)53(42(31)57)35-5-6-37(54)48-40(35)55/h1-4,17-20,25,28,35-36,39H,5-16,21-23H2,(H,48,54,55). The van der Waals surface area contributed by atoms with E-state index in [1.165, 1.54) is 17.0 Å². The van der Waals surface area contributed by atoms with Gasteiger partial charge in [-0.25, -0.2) is 17.6 Å². The number of hydrogen-bond donors (Lipinski definition) is 1. The number of halogens is 4. The molecule has 3 aromatic carbocycles. The van der Waals surface area contributed by atoms with Crippen LogP contribution in [0.25, 0.3) is 0 Å². The third kappa shape index (κ3) is 6.85. The fourth-order valence-corrected chi connectivity index (χ4v) is 10.1. The number of amides is 5. The van der Waals surface area contributed by atoms with Crippen molar-refractivity contribution in [3.63, 3.8) is 0 Å². The molecule has 11 nitrogen and oxygen atoms in total. The SMILES string of the molecule is O=C1CCC(N2C(=O)c3cc4c(cc3C2=O)CN(C2CCN(C(=O)C3CCN(c5cc(F)c(C6c7ccccc7CCN6CC(F)F)c(F)c5)CC3)CC2)C4)C(=O)N1. The minimum atomic E-state index is -2.65. The third-order valence-corrected chi connectivity index (χ3v) is 13.1. The molecule has 3 saturated heterocycles. The number of rotatable bonds is 7. The van der Waals surface area contributed by atoms with Crippen LogP contribution in [-0.4, -0.2) is 107 Å². The molecule has 0 aromatic heterocycles. The van der Waals surface area contributed by atoms with E-state index in [4.69, 9.17) is 0 Å². The quantitative estimate of drug-likeness (QED) is 0.268. The molecule has 3 fully saturated rings.